The fourth-order valence-corrected chi connectivity index (χ4v) is 2.85. The van der Waals surface area contributed by atoms with Gasteiger partial charge in [0, 0.05) is 23.9 Å². The number of rotatable bonds is 4. The minimum absolute atomic E-state index is 0. The summed E-state index contributed by atoms with van der Waals surface area (Å²) in [6.45, 7) is 10.3. The number of halogens is 1. The van der Waals surface area contributed by atoms with E-state index in [9.17, 15) is 0 Å². The van der Waals surface area contributed by atoms with Crippen molar-refractivity contribution in [1.82, 2.24) is 15.6 Å². The Kier molecular flexibility index (Phi) is 7.52. The van der Waals surface area contributed by atoms with E-state index in [1.54, 1.807) is 6.20 Å². The number of oxazole rings is 1. The van der Waals surface area contributed by atoms with Crippen LogP contribution >= 0.6 is 24.0 Å². The molecule has 1 atom stereocenters. The van der Waals surface area contributed by atoms with Crippen LogP contribution in [0.1, 0.15) is 57.4 Å². The van der Waals surface area contributed by atoms with Crippen LogP contribution in [0.5, 0.6) is 5.75 Å². The Balaban J connectivity index is 0.00000261. The van der Waals surface area contributed by atoms with Crippen LogP contribution < -0.4 is 15.4 Å². The number of nitrogens with one attached hydrogen (secondary N) is 2. The molecule has 2 N–H and O–H groups in total. The van der Waals surface area contributed by atoms with Crippen molar-refractivity contribution >= 4 is 29.9 Å². The van der Waals surface area contributed by atoms with Gasteiger partial charge in [-0.3, -0.25) is 0 Å². The van der Waals surface area contributed by atoms with Crippen molar-refractivity contribution in [1.29, 1.82) is 0 Å². The highest BCUT2D eigenvalue weighted by molar-refractivity contribution is 14.0. The molecule has 1 unspecified atom stereocenters. The van der Waals surface area contributed by atoms with Crippen LogP contribution in [0.15, 0.2) is 39.9 Å². The van der Waals surface area contributed by atoms with Gasteiger partial charge in [-0.2, -0.15) is 0 Å². The summed E-state index contributed by atoms with van der Waals surface area (Å²) in [5.74, 6) is 3.19. The summed E-state index contributed by atoms with van der Waals surface area (Å²) in [7, 11) is 0. The zero-order valence-corrected chi connectivity index (χ0v) is 18.7. The van der Waals surface area contributed by atoms with E-state index in [2.05, 4.69) is 54.4 Å². The molecule has 1 aliphatic rings. The van der Waals surface area contributed by atoms with E-state index in [0.717, 1.165) is 36.0 Å². The van der Waals surface area contributed by atoms with Crippen molar-refractivity contribution in [3.63, 3.8) is 0 Å². The predicted molar refractivity (Wildman–Crippen MR) is 118 cm³/mol. The smallest absolute Gasteiger partial charge is 0.216 e. The van der Waals surface area contributed by atoms with Gasteiger partial charge in [0.15, 0.2) is 5.96 Å². The van der Waals surface area contributed by atoms with Gasteiger partial charge in [-0.15, -0.1) is 24.0 Å². The lowest BCUT2D eigenvalue weighted by atomic mass is 9.94. The molecular formula is C20H29IN4O2. The normalized spacial score (nSPS) is 16.7. The number of para-hydroxylation sites is 1. The second kappa shape index (κ2) is 9.43. The van der Waals surface area contributed by atoms with Crippen molar-refractivity contribution in [2.75, 3.05) is 13.2 Å². The molecular weight excluding hydrogens is 455 g/mol. The van der Waals surface area contributed by atoms with Crippen LogP contribution in [0.4, 0.5) is 0 Å². The van der Waals surface area contributed by atoms with Crippen LogP contribution in [-0.4, -0.2) is 24.1 Å². The number of aromatic nitrogens is 1. The lowest BCUT2D eigenvalue weighted by Gasteiger charge is -2.28. The van der Waals surface area contributed by atoms with E-state index in [1.165, 1.54) is 0 Å². The standard InChI is InChI=1S/C20H28N4O2.HI/c1-5-21-19(23-13-18-22-12-17(26-18)20(2,3)4)24-15-10-11-25-16-9-7-6-8-14(15)16;/h6-9,12,15H,5,10-11,13H2,1-4H3,(H2,21,23,24);1H. The molecule has 0 spiro atoms. The Hall–Kier alpha value is -1.77. The Labute approximate surface area is 178 Å². The monoisotopic (exact) mass is 484 g/mol. The number of aliphatic imine (C=N–C) groups is 1. The molecule has 0 radical (unpaired) electrons. The average molecular weight is 484 g/mol. The predicted octanol–water partition coefficient (Wildman–Crippen LogP) is 4.17. The van der Waals surface area contributed by atoms with E-state index in [0.29, 0.717) is 19.0 Å². The molecule has 1 aromatic carbocycles. The first-order valence-corrected chi connectivity index (χ1v) is 9.19. The van der Waals surface area contributed by atoms with Gasteiger partial charge >= 0.3 is 0 Å². The van der Waals surface area contributed by atoms with Crippen molar-refractivity contribution in [3.8, 4) is 5.75 Å². The highest BCUT2D eigenvalue weighted by atomic mass is 127. The Morgan fingerprint density at radius 1 is 1.30 bits per heavy atom. The second-order valence-corrected chi connectivity index (χ2v) is 7.44. The maximum atomic E-state index is 5.83. The molecule has 2 heterocycles. The molecule has 0 saturated heterocycles. The van der Waals surface area contributed by atoms with Gasteiger partial charge in [0.1, 0.15) is 18.1 Å². The summed E-state index contributed by atoms with van der Waals surface area (Å²) in [5, 5.41) is 6.81. The molecule has 0 amide bonds. The third-order valence-electron chi connectivity index (χ3n) is 4.28. The Morgan fingerprint density at radius 3 is 2.78 bits per heavy atom. The molecule has 3 rings (SSSR count). The number of hydrogen-bond donors (Lipinski definition) is 2. The Morgan fingerprint density at radius 2 is 2.07 bits per heavy atom. The summed E-state index contributed by atoms with van der Waals surface area (Å²) in [5.41, 5.74) is 1.11. The van der Waals surface area contributed by atoms with E-state index in [1.807, 2.05) is 18.2 Å². The first-order chi connectivity index (χ1) is 12.5. The largest absolute Gasteiger partial charge is 0.493 e. The van der Waals surface area contributed by atoms with Crippen LogP contribution in [0.3, 0.4) is 0 Å². The van der Waals surface area contributed by atoms with E-state index >= 15 is 0 Å². The van der Waals surface area contributed by atoms with Crippen molar-refractivity contribution in [3.05, 3.63) is 47.7 Å². The quantitative estimate of drug-likeness (QED) is 0.387. The SMILES string of the molecule is CCNC(=NCc1ncc(C(C)(C)C)o1)NC1CCOc2ccccc21.I. The van der Waals surface area contributed by atoms with Crippen molar-refractivity contribution < 1.29 is 9.15 Å². The summed E-state index contributed by atoms with van der Waals surface area (Å²) in [6, 6.07) is 8.31. The lowest BCUT2D eigenvalue weighted by Crippen LogP contribution is -2.41. The van der Waals surface area contributed by atoms with Gasteiger partial charge in [-0.1, -0.05) is 39.0 Å². The van der Waals surface area contributed by atoms with Gasteiger partial charge in [0.2, 0.25) is 5.89 Å². The minimum Gasteiger partial charge on any atom is -0.493 e. The highest BCUT2D eigenvalue weighted by Gasteiger charge is 2.22. The van der Waals surface area contributed by atoms with E-state index in [4.69, 9.17) is 9.15 Å². The molecule has 0 saturated carbocycles. The minimum atomic E-state index is -0.0521. The third kappa shape index (κ3) is 5.60. The summed E-state index contributed by atoms with van der Waals surface area (Å²) >= 11 is 0. The lowest BCUT2D eigenvalue weighted by molar-refractivity contribution is 0.261. The molecule has 0 bridgehead atoms. The Bertz CT molecular complexity index is 767. The molecule has 1 aromatic heterocycles. The molecule has 1 aliphatic heterocycles. The fraction of sp³-hybridized carbons (Fsp3) is 0.500. The van der Waals surface area contributed by atoms with Crippen LogP contribution in [0, 0.1) is 0 Å². The van der Waals surface area contributed by atoms with E-state index in [-0.39, 0.29) is 35.4 Å². The van der Waals surface area contributed by atoms with E-state index < -0.39 is 0 Å². The molecule has 0 aliphatic carbocycles. The number of ether oxygens (including phenoxy) is 1. The number of fused-ring (bicyclic) bond motifs is 1. The maximum Gasteiger partial charge on any atom is 0.216 e. The summed E-state index contributed by atoms with van der Waals surface area (Å²) in [6.07, 6.45) is 2.69. The van der Waals surface area contributed by atoms with Crippen LogP contribution in [-0.2, 0) is 12.0 Å². The molecule has 6 nitrogen and oxygen atoms in total. The van der Waals surface area contributed by atoms with Gasteiger partial charge in [-0.25, -0.2) is 9.98 Å². The van der Waals surface area contributed by atoms with Gasteiger partial charge in [0.05, 0.1) is 18.8 Å². The van der Waals surface area contributed by atoms with Crippen LogP contribution in [0.2, 0.25) is 0 Å². The van der Waals surface area contributed by atoms with Crippen molar-refractivity contribution in [2.45, 2.75) is 52.1 Å². The summed E-state index contributed by atoms with van der Waals surface area (Å²) in [4.78, 5) is 8.99. The maximum absolute atomic E-state index is 5.83. The highest BCUT2D eigenvalue weighted by Crippen LogP contribution is 2.31. The van der Waals surface area contributed by atoms with Crippen molar-refractivity contribution in [2.24, 2.45) is 4.99 Å². The number of guanidine groups is 1. The second-order valence-electron chi connectivity index (χ2n) is 7.44. The average Bonchev–Trinajstić information content (AvgIpc) is 3.10. The van der Waals surface area contributed by atoms with Gasteiger partial charge in [-0.05, 0) is 13.0 Å². The number of hydrogen-bond acceptors (Lipinski definition) is 4. The summed E-state index contributed by atoms with van der Waals surface area (Å²) < 4.78 is 11.6. The van der Waals surface area contributed by atoms with Crippen LogP contribution in [0.25, 0.3) is 0 Å². The molecule has 2 aromatic rings. The first kappa shape index (κ1) is 21.5. The molecule has 148 valence electrons. The molecule has 7 heteroatoms. The topological polar surface area (TPSA) is 71.7 Å². The fourth-order valence-electron chi connectivity index (χ4n) is 2.85. The zero-order chi connectivity index (χ0) is 18.6. The molecule has 0 fully saturated rings. The molecule has 27 heavy (non-hydrogen) atoms. The third-order valence-corrected chi connectivity index (χ3v) is 4.28. The number of nitrogens with zero attached hydrogens (tertiary/aromatic N) is 2. The van der Waals surface area contributed by atoms with Gasteiger partial charge in [0.25, 0.3) is 0 Å². The first-order valence-electron chi connectivity index (χ1n) is 9.19. The zero-order valence-electron chi connectivity index (χ0n) is 16.4. The number of benzene rings is 1. The van der Waals surface area contributed by atoms with Gasteiger partial charge < -0.3 is 19.8 Å².